The summed E-state index contributed by atoms with van der Waals surface area (Å²) in [6.45, 7) is 13.2. The van der Waals surface area contributed by atoms with Crippen molar-refractivity contribution in [3.05, 3.63) is 47.5 Å². The third-order valence-electron chi connectivity index (χ3n) is 6.40. The first kappa shape index (κ1) is 29.4. The molecule has 0 bridgehead atoms. The number of carbonyl (C=O) groups excluding carboxylic acids is 2. The lowest BCUT2D eigenvalue weighted by Gasteiger charge is -2.39. The SMILES string of the molecule is CCC[C@@H](/C=C(\C)C(=O)O)N(C)C(=O)[C@@H](NC(=O)C(NC)C(C)(C)c1ccccc1)C(C)(C)C. The third-order valence-corrected chi connectivity index (χ3v) is 6.40. The fourth-order valence-corrected chi connectivity index (χ4v) is 4.14. The van der Waals surface area contributed by atoms with Crippen LogP contribution in [0.5, 0.6) is 0 Å². The van der Waals surface area contributed by atoms with Gasteiger partial charge in [0.1, 0.15) is 6.04 Å². The Morgan fingerprint density at radius 2 is 1.62 bits per heavy atom. The Kier molecular flexibility index (Phi) is 10.5. The van der Waals surface area contributed by atoms with Gasteiger partial charge >= 0.3 is 5.97 Å². The number of aliphatic carboxylic acids is 1. The van der Waals surface area contributed by atoms with Crippen LogP contribution in [0, 0.1) is 5.41 Å². The quantitative estimate of drug-likeness (QED) is 0.425. The Hall–Kier alpha value is -2.67. The van der Waals surface area contributed by atoms with Crippen LogP contribution in [0.3, 0.4) is 0 Å². The zero-order chi connectivity index (χ0) is 26.3. The zero-order valence-electron chi connectivity index (χ0n) is 22.2. The summed E-state index contributed by atoms with van der Waals surface area (Å²) in [5, 5.41) is 15.4. The summed E-state index contributed by atoms with van der Waals surface area (Å²) < 4.78 is 0. The van der Waals surface area contributed by atoms with Crippen LogP contribution in [0.25, 0.3) is 0 Å². The van der Waals surface area contributed by atoms with E-state index in [2.05, 4.69) is 10.6 Å². The molecule has 1 rings (SSSR count). The van der Waals surface area contributed by atoms with Crippen LogP contribution in [0.15, 0.2) is 42.0 Å². The third kappa shape index (κ3) is 7.42. The number of benzene rings is 1. The van der Waals surface area contributed by atoms with Crippen molar-refractivity contribution in [1.29, 1.82) is 0 Å². The average Bonchev–Trinajstić information content (AvgIpc) is 2.76. The van der Waals surface area contributed by atoms with Gasteiger partial charge in [-0.2, -0.15) is 0 Å². The van der Waals surface area contributed by atoms with Gasteiger partial charge in [-0.15, -0.1) is 0 Å². The number of carboxylic acids is 1. The van der Waals surface area contributed by atoms with E-state index in [9.17, 15) is 19.5 Å². The molecule has 7 nitrogen and oxygen atoms in total. The van der Waals surface area contributed by atoms with Crippen molar-refractivity contribution >= 4 is 17.8 Å². The highest BCUT2D eigenvalue weighted by Crippen LogP contribution is 2.28. The maximum atomic E-state index is 13.6. The van der Waals surface area contributed by atoms with Crippen molar-refractivity contribution in [1.82, 2.24) is 15.5 Å². The highest BCUT2D eigenvalue weighted by atomic mass is 16.4. The van der Waals surface area contributed by atoms with Gasteiger partial charge < -0.3 is 20.6 Å². The number of hydrogen-bond acceptors (Lipinski definition) is 4. The lowest BCUT2D eigenvalue weighted by Crippen LogP contribution is -2.61. The van der Waals surface area contributed by atoms with Crippen molar-refractivity contribution in [2.75, 3.05) is 14.1 Å². The molecule has 3 atom stereocenters. The summed E-state index contributed by atoms with van der Waals surface area (Å²) in [4.78, 5) is 40.1. The molecule has 0 heterocycles. The highest BCUT2D eigenvalue weighted by Gasteiger charge is 2.41. The Bertz CT molecular complexity index is 872. The van der Waals surface area contributed by atoms with Crippen LogP contribution in [0.2, 0.25) is 0 Å². The molecule has 0 aromatic heterocycles. The highest BCUT2D eigenvalue weighted by molar-refractivity contribution is 5.91. The maximum Gasteiger partial charge on any atom is 0.331 e. The summed E-state index contributed by atoms with van der Waals surface area (Å²) in [5.74, 6) is -1.52. The standard InChI is InChI=1S/C27H43N3O4/c1-10-14-20(17-18(2)25(33)34)30(9)24(32)22(26(3,4)5)29-23(31)21(28-8)27(6,7)19-15-12-11-13-16-19/h11-13,15-17,20-22,28H,10,14H2,1-9H3,(H,29,31)(H,33,34)/b18-17+/t20-,21?,22+/m0/s1. The second-order valence-corrected chi connectivity index (χ2v) is 10.6. The van der Waals surface area contributed by atoms with Crippen molar-refractivity contribution in [3.8, 4) is 0 Å². The maximum absolute atomic E-state index is 13.6. The molecule has 1 aromatic rings. The van der Waals surface area contributed by atoms with Gasteiger partial charge in [-0.3, -0.25) is 9.59 Å². The van der Waals surface area contributed by atoms with Gasteiger partial charge in [0.05, 0.1) is 12.1 Å². The average molecular weight is 474 g/mol. The topological polar surface area (TPSA) is 98.7 Å². The van der Waals surface area contributed by atoms with E-state index >= 15 is 0 Å². The molecular formula is C27H43N3O4. The molecule has 3 N–H and O–H groups in total. The Labute approximate surface area is 205 Å². The second kappa shape index (κ2) is 12.2. The molecule has 0 aliphatic heterocycles. The van der Waals surface area contributed by atoms with Gasteiger partial charge in [0.25, 0.3) is 0 Å². The van der Waals surface area contributed by atoms with Gasteiger partial charge in [0, 0.05) is 18.0 Å². The molecule has 190 valence electrons. The minimum Gasteiger partial charge on any atom is -0.478 e. The summed E-state index contributed by atoms with van der Waals surface area (Å²) in [6, 6.07) is 8.07. The van der Waals surface area contributed by atoms with Gasteiger partial charge in [0.2, 0.25) is 11.8 Å². The molecule has 0 saturated heterocycles. The van der Waals surface area contributed by atoms with E-state index in [-0.39, 0.29) is 23.4 Å². The number of nitrogens with one attached hydrogen (secondary N) is 2. The molecule has 2 amide bonds. The number of likely N-dealkylation sites (N-methyl/N-ethyl adjacent to an activating group) is 2. The molecule has 1 unspecified atom stereocenters. The van der Waals surface area contributed by atoms with E-state index in [1.807, 2.05) is 71.9 Å². The fourth-order valence-electron chi connectivity index (χ4n) is 4.14. The van der Waals surface area contributed by atoms with E-state index in [0.717, 1.165) is 12.0 Å². The van der Waals surface area contributed by atoms with Crippen molar-refractivity contribution in [3.63, 3.8) is 0 Å². The summed E-state index contributed by atoms with van der Waals surface area (Å²) in [7, 11) is 3.41. The van der Waals surface area contributed by atoms with Gasteiger partial charge in [0.15, 0.2) is 0 Å². The van der Waals surface area contributed by atoms with Gasteiger partial charge in [-0.1, -0.05) is 84.4 Å². The summed E-state index contributed by atoms with van der Waals surface area (Å²) in [6.07, 6.45) is 3.02. The molecule has 1 aromatic carbocycles. The molecule has 0 spiro atoms. The van der Waals surface area contributed by atoms with Crippen LogP contribution < -0.4 is 10.6 Å². The molecular weight excluding hydrogens is 430 g/mol. The predicted molar refractivity (Wildman–Crippen MR) is 137 cm³/mol. The van der Waals surface area contributed by atoms with Crippen molar-refractivity contribution in [2.24, 2.45) is 5.41 Å². The van der Waals surface area contributed by atoms with Crippen LogP contribution in [-0.4, -0.2) is 60.0 Å². The van der Waals surface area contributed by atoms with E-state index in [0.29, 0.717) is 6.42 Å². The Morgan fingerprint density at radius 3 is 2.06 bits per heavy atom. The smallest absolute Gasteiger partial charge is 0.331 e. The lowest BCUT2D eigenvalue weighted by molar-refractivity contribution is -0.140. The number of rotatable bonds is 11. The first-order chi connectivity index (χ1) is 15.7. The predicted octanol–water partition coefficient (Wildman–Crippen LogP) is 3.74. The zero-order valence-corrected chi connectivity index (χ0v) is 22.2. The molecule has 0 aliphatic carbocycles. The van der Waals surface area contributed by atoms with E-state index in [1.165, 1.54) is 6.92 Å². The van der Waals surface area contributed by atoms with E-state index in [1.54, 1.807) is 25.1 Å². The van der Waals surface area contributed by atoms with E-state index < -0.39 is 28.9 Å². The number of carboxylic acid groups (broad SMARTS) is 1. The number of carbonyl (C=O) groups is 3. The van der Waals surface area contributed by atoms with E-state index in [4.69, 9.17) is 0 Å². The van der Waals surface area contributed by atoms with Crippen molar-refractivity contribution < 1.29 is 19.5 Å². The minimum absolute atomic E-state index is 0.189. The Morgan fingerprint density at radius 1 is 1.06 bits per heavy atom. The second-order valence-electron chi connectivity index (χ2n) is 10.6. The van der Waals surface area contributed by atoms with Crippen LogP contribution in [0.4, 0.5) is 0 Å². The first-order valence-electron chi connectivity index (χ1n) is 11.9. The fraction of sp³-hybridized carbons (Fsp3) is 0.593. The monoisotopic (exact) mass is 473 g/mol. The van der Waals surface area contributed by atoms with Crippen LogP contribution >= 0.6 is 0 Å². The minimum atomic E-state index is -1.01. The molecule has 0 radical (unpaired) electrons. The molecule has 34 heavy (non-hydrogen) atoms. The molecule has 7 heteroatoms. The normalized spacial score (nSPS) is 15.3. The largest absolute Gasteiger partial charge is 0.478 e. The summed E-state index contributed by atoms with van der Waals surface area (Å²) in [5.41, 5.74) is 0.120. The molecule has 0 aliphatic rings. The number of nitrogens with zero attached hydrogens (tertiary/aromatic N) is 1. The van der Waals surface area contributed by atoms with Crippen molar-refractivity contribution in [2.45, 2.75) is 84.8 Å². The summed E-state index contributed by atoms with van der Waals surface area (Å²) >= 11 is 0. The van der Waals surface area contributed by atoms with Crippen LogP contribution in [0.1, 0.15) is 66.9 Å². The Balaban J connectivity index is 3.26. The molecule has 0 fully saturated rings. The van der Waals surface area contributed by atoms with Crippen LogP contribution in [-0.2, 0) is 19.8 Å². The number of amides is 2. The molecule has 0 saturated carbocycles. The van der Waals surface area contributed by atoms with Gasteiger partial charge in [-0.25, -0.2) is 4.79 Å². The lowest BCUT2D eigenvalue weighted by atomic mass is 9.76. The number of hydrogen-bond donors (Lipinski definition) is 3. The first-order valence-corrected chi connectivity index (χ1v) is 11.9. The van der Waals surface area contributed by atoms with Gasteiger partial charge in [-0.05, 0) is 31.4 Å².